The van der Waals surface area contributed by atoms with Crippen molar-refractivity contribution in [3.05, 3.63) is 42.0 Å². The van der Waals surface area contributed by atoms with Gasteiger partial charge in [-0.3, -0.25) is 0 Å². The maximum Gasteiger partial charge on any atom is 0.123 e. The van der Waals surface area contributed by atoms with Crippen molar-refractivity contribution in [2.45, 2.75) is 26.2 Å². The maximum atomic E-state index is 10.5. The summed E-state index contributed by atoms with van der Waals surface area (Å²) in [6, 6.07) is 7.83. The van der Waals surface area contributed by atoms with Crippen LogP contribution in [-0.4, -0.2) is 12.9 Å². The van der Waals surface area contributed by atoms with Gasteiger partial charge in [0, 0.05) is 6.42 Å². The third-order valence-corrected chi connectivity index (χ3v) is 2.37. The number of carbonyl (C=O) groups excluding carboxylic acids is 1. The van der Waals surface area contributed by atoms with E-state index in [0.29, 0.717) is 13.0 Å². The summed E-state index contributed by atoms with van der Waals surface area (Å²) in [5.41, 5.74) is 2.06. The molecule has 0 aromatic heterocycles. The fraction of sp³-hybridized carbons (Fsp3) is 0.357. The molecular formula is C14H18O2. The third-order valence-electron chi connectivity index (χ3n) is 2.37. The molecule has 0 heterocycles. The van der Waals surface area contributed by atoms with E-state index >= 15 is 0 Å². The normalized spacial score (nSPS) is 11.9. The quantitative estimate of drug-likeness (QED) is 0.540. The molecule has 1 atom stereocenters. The van der Waals surface area contributed by atoms with E-state index in [1.807, 2.05) is 38.1 Å². The zero-order valence-electron chi connectivity index (χ0n) is 9.90. The summed E-state index contributed by atoms with van der Waals surface area (Å²) in [4.78, 5) is 10.5. The highest BCUT2D eigenvalue weighted by molar-refractivity contribution is 5.52. The van der Waals surface area contributed by atoms with Gasteiger partial charge in [0.1, 0.15) is 18.6 Å². The zero-order chi connectivity index (χ0) is 12.0. The van der Waals surface area contributed by atoms with Crippen LogP contribution in [0.2, 0.25) is 0 Å². The molecule has 0 spiro atoms. The lowest BCUT2D eigenvalue weighted by molar-refractivity contribution is -0.108. The van der Waals surface area contributed by atoms with Crippen LogP contribution >= 0.6 is 0 Å². The van der Waals surface area contributed by atoms with Gasteiger partial charge >= 0.3 is 0 Å². The fourth-order valence-corrected chi connectivity index (χ4v) is 1.49. The van der Waals surface area contributed by atoms with Crippen LogP contribution in [0.4, 0.5) is 0 Å². The Morgan fingerprint density at radius 1 is 1.50 bits per heavy atom. The van der Waals surface area contributed by atoms with Gasteiger partial charge < -0.3 is 9.53 Å². The van der Waals surface area contributed by atoms with Gasteiger partial charge in [-0.15, -0.1) is 0 Å². The minimum absolute atomic E-state index is 0.193. The van der Waals surface area contributed by atoms with Crippen molar-refractivity contribution < 1.29 is 9.53 Å². The van der Waals surface area contributed by atoms with Gasteiger partial charge in [0.25, 0.3) is 0 Å². The summed E-state index contributed by atoms with van der Waals surface area (Å²) >= 11 is 0. The van der Waals surface area contributed by atoms with Crippen LogP contribution < -0.4 is 4.74 Å². The van der Waals surface area contributed by atoms with Gasteiger partial charge in [-0.25, -0.2) is 0 Å². The molecule has 0 aliphatic heterocycles. The molecule has 16 heavy (non-hydrogen) atoms. The molecule has 1 rings (SSSR count). The summed E-state index contributed by atoms with van der Waals surface area (Å²) < 4.78 is 5.65. The van der Waals surface area contributed by atoms with Crippen molar-refractivity contribution >= 4 is 6.29 Å². The van der Waals surface area contributed by atoms with Crippen molar-refractivity contribution in [3.8, 4) is 5.75 Å². The Labute approximate surface area is 96.9 Å². The molecule has 0 saturated carbocycles. The third kappa shape index (κ3) is 3.54. The lowest BCUT2D eigenvalue weighted by Crippen LogP contribution is -2.03. The Hall–Kier alpha value is -1.57. The number of carbonyl (C=O) groups is 1. The molecule has 0 amide bonds. The summed E-state index contributed by atoms with van der Waals surface area (Å²) in [5, 5.41) is 0. The highest BCUT2D eigenvalue weighted by Gasteiger charge is 2.10. The molecule has 0 radical (unpaired) electrons. The van der Waals surface area contributed by atoms with Crippen LogP contribution in [0.3, 0.4) is 0 Å². The van der Waals surface area contributed by atoms with Gasteiger partial charge in [0.2, 0.25) is 0 Å². The molecule has 2 nitrogen and oxygen atoms in total. The molecule has 0 aliphatic carbocycles. The molecule has 1 aromatic carbocycles. The van der Waals surface area contributed by atoms with Crippen molar-refractivity contribution in [2.24, 2.45) is 0 Å². The average molecular weight is 218 g/mol. The van der Waals surface area contributed by atoms with Crippen molar-refractivity contribution in [3.63, 3.8) is 0 Å². The van der Waals surface area contributed by atoms with Gasteiger partial charge in [-0.05, 0) is 30.0 Å². The smallest absolute Gasteiger partial charge is 0.123 e. The van der Waals surface area contributed by atoms with E-state index in [0.717, 1.165) is 23.2 Å². The van der Waals surface area contributed by atoms with E-state index in [-0.39, 0.29) is 5.92 Å². The Balaban J connectivity index is 2.82. The summed E-state index contributed by atoms with van der Waals surface area (Å²) in [6.07, 6.45) is 1.47. The van der Waals surface area contributed by atoms with Crippen LogP contribution in [0.15, 0.2) is 36.4 Å². The maximum absolute atomic E-state index is 10.5. The summed E-state index contributed by atoms with van der Waals surface area (Å²) in [7, 11) is 0. The van der Waals surface area contributed by atoms with E-state index in [1.54, 1.807) is 0 Å². The second-order valence-corrected chi connectivity index (χ2v) is 4.09. The second kappa shape index (κ2) is 6.11. The minimum atomic E-state index is 0.193. The highest BCUT2D eigenvalue weighted by atomic mass is 16.5. The highest BCUT2D eigenvalue weighted by Crippen LogP contribution is 2.28. The molecule has 0 N–H and O–H groups in total. The molecule has 1 unspecified atom stereocenters. The Morgan fingerprint density at radius 2 is 2.19 bits per heavy atom. The predicted octanol–water partition coefficient (Wildman–Crippen LogP) is 3.33. The Kier molecular flexibility index (Phi) is 4.77. The van der Waals surface area contributed by atoms with E-state index < -0.39 is 0 Å². The lowest BCUT2D eigenvalue weighted by Gasteiger charge is -2.15. The molecule has 0 fully saturated rings. The van der Waals surface area contributed by atoms with E-state index in [1.165, 1.54) is 0 Å². The number of benzene rings is 1. The van der Waals surface area contributed by atoms with Crippen LogP contribution in [-0.2, 0) is 4.79 Å². The second-order valence-electron chi connectivity index (χ2n) is 4.09. The first-order chi connectivity index (χ1) is 7.65. The predicted molar refractivity (Wildman–Crippen MR) is 65.8 cm³/mol. The van der Waals surface area contributed by atoms with E-state index in [4.69, 9.17) is 4.74 Å². The number of hydrogen-bond acceptors (Lipinski definition) is 2. The fourth-order valence-electron chi connectivity index (χ4n) is 1.49. The van der Waals surface area contributed by atoms with Crippen molar-refractivity contribution in [1.82, 2.24) is 0 Å². The molecule has 0 aliphatic rings. The van der Waals surface area contributed by atoms with Crippen molar-refractivity contribution in [2.75, 3.05) is 6.61 Å². The van der Waals surface area contributed by atoms with Crippen molar-refractivity contribution in [1.29, 1.82) is 0 Å². The van der Waals surface area contributed by atoms with Gasteiger partial charge in [-0.1, -0.05) is 31.7 Å². The lowest BCUT2D eigenvalue weighted by atomic mass is 9.97. The topological polar surface area (TPSA) is 26.3 Å². The Morgan fingerprint density at radius 3 is 2.81 bits per heavy atom. The van der Waals surface area contributed by atoms with E-state index in [9.17, 15) is 4.79 Å². The number of aldehydes is 1. The number of ether oxygens (including phenoxy) is 1. The van der Waals surface area contributed by atoms with Gasteiger partial charge in [-0.2, -0.15) is 0 Å². The summed E-state index contributed by atoms with van der Waals surface area (Å²) in [6.45, 7) is 8.27. The van der Waals surface area contributed by atoms with Gasteiger partial charge in [0.15, 0.2) is 0 Å². The van der Waals surface area contributed by atoms with Crippen LogP contribution in [0.1, 0.15) is 31.7 Å². The first-order valence-corrected chi connectivity index (χ1v) is 5.45. The number of rotatable bonds is 6. The molecule has 1 aromatic rings. The molecule has 2 heteroatoms. The zero-order valence-corrected chi connectivity index (χ0v) is 9.90. The Bertz CT molecular complexity index is 369. The number of hydrogen-bond donors (Lipinski definition) is 0. The van der Waals surface area contributed by atoms with Crippen LogP contribution in [0, 0.1) is 0 Å². The van der Waals surface area contributed by atoms with E-state index in [2.05, 4.69) is 6.58 Å². The minimum Gasteiger partial charge on any atom is -0.489 e. The van der Waals surface area contributed by atoms with Gasteiger partial charge in [0.05, 0.1) is 0 Å². The standard InChI is InChI=1S/C14H18O2/c1-11(2)10-16-14-7-5-4-6-13(14)12(3)8-9-15/h4-7,9,12H,1,8,10H2,2-3H3. The first kappa shape index (κ1) is 12.5. The van der Waals surface area contributed by atoms with Crippen LogP contribution in [0.25, 0.3) is 0 Å². The average Bonchev–Trinajstić information content (AvgIpc) is 2.27. The number of para-hydroxylation sites is 1. The largest absolute Gasteiger partial charge is 0.489 e. The van der Waals surface area contributed by atoms with Crippen LogP contribution in [0.5, 0.6) is 5.75 Å². The SMILES string of the molecule is C=C(C)COc1ccccc1C(C)CC=O. The molecule has 86 valence electrons. The molecule has 0 saturated heterocycles. The molecule has 0 bridgehead atoms. The molecular weight excluding hydrogens is 200 g/mol. The summed E-state index contributed by atoms with van der Waals surface area (Å²) in [5.74, 6) is 1.04. The monoisotopic (exact) mass is 218 g/mol. The first-order valence-electron chi connectivity index (χ1n) is 5.45.